The molecule has 0 saturated carbocycles. The quantitative estimate of drug-likeness (QED) is 0.682. The summed E-state index contributed by atoms with van der Waals surface area (Å²) in [5.74, 6) is -2.40. The van der Waals surface area contributed by atoms with E-state index in [0.29, 0.717) is 16.7 Å². The van der Waals surface area contributed by atoms with Crippen LogP contribution in [0.15, 0.2) is 36.4 Å². The first kappa shape index (κ1) is 17.6. The number of aryl methyl sites for hydroxylation is 3. The van der Waals surface area contributed by atoms with Gasteiger partial charge in [0.15, 0.2) is 0 Å². The van der Waals surface area contributed by atoms with Crippen molar-refractivity contribution in [1.29, 1.82) is 0 Å². The Balaban J connectivity index is 2.20. The number of carbonyl (C=O) groups is 3. The Hall–Kier alpha value is -3.21. The maximum absolute atomic E-state index is 12.9. The molecular formula is C21H19NO4. The van der Waals surface area contributed by atoms with Crippen molar-refractivity contribution in [3.05, 3.63) is 69.8 Å². The first-order valence-electron chi connectivity index (χ1n) is 8.26. The number of carboxylic acids is 1. The van der Waals surface area contributed by atoms with E-state index in [1.807, 2.05) is 32.9 Å². The fourth-order valence-electron chi connectivity index (χ4n) is 3.11. The summed E-state index contributed by atoms with van der Waals surface area (Å²) in [6.45, 7) is 5.31. The van der Waals surface area contributed by atoms with Gasteiger partial charge in [-0.2, -0.15) is 0 Å². The van der Waals surface area contributed by atoms with Crippen LogP contribution in [-0.4, -0.2) is 34.3 Å². The van der Waals surface area contributed by atoms with Gasteiger partial charge in [0.25, 0.3) is 11.8 Å². The molecule has 2 amide bonds. The normalized spacial score (nSPS) is 15.3. The van der Waals surface area contributed by atoms with Crippen molar-refractivity contribution in [1.82, 2.24) is 4.90 Å². The summed E-state index contributed by atoms with van der Waals surface area (Å²) < 4.78 is 0. The van der Waals surface area contributed by atoms with Crippen LogP contribution >= 0.6 is 0 Å². The number of hydrogen-bond acceptors (Lipinski definition) is 3. The highest BCUT2D eigenvalue weighted by molar-refractivity contribution is 6.34. The molecule has 26 heavy (non-hydrogen) atoms. The number of rotatable bonds is 3. The predicted molar refractivity (Wildman–Crippen MR) is 98.6 cm³/mol. The first-order chi connectivity index (χ1) is 12.3. The summed E-state index contributed by atoms with van der Waals surface area (Å²) in [6, 6.07) is 10.8. The number of benzene rings is 2. The molecule has 0 aliphatic carbocycles. The lowest BCUT2D eigenvalue weighted by molar-refractivity contribution is -0.141. The third kappa shape index (κ3) is 3.04. The van der Waals surface area contributed by atoms with Crippen molar-refractivity contribution in [2.24, 2.45) is 0 Å². The molecule has 1 N–H and O–H groups in total. The lowest BCUT2D eigenvalue weighted by atomic mass is 9.90. The van der Waals surface area contributed by atoms with Gasteiger partial charge in [0.05, 0.1) is 0 Å². The molecule has 2 aromatic carbocycles. The molecule has 1 aliphatic heterocycles. The summed E-state index contributed by atoms with van der Waals surface area (Å²) in [7, 11) is 0. The minimum Gasteiger partial charge on any atom is -0.480 e. The molecule has 0 unspecified atom stereocenters. The second-order valence-corrected chi connectivity index (χ2v) is 6.49. The van der Waals surface area contributed by atoms with Crippen molar-refractivity contribution in [3.8, 4) is 0 Å². The maximum Gasteiger partial charge on any atom is 0.323 e. The van der Waals surface area contributed by atoms with Crippen LogP contribution in [0.2, 0.25) is 0 Å². The van der Waals surface area contributed by atoms with Crippen LogP contribution in [0.1, 0.15) is 38.2 Å². The van der Waals surface area contributed by atoms with E-state index in [1.165, 1.54) is 0 Å². The SMILES string of the molecule is Cc1cc(C)c(/C=C2\C(=O)N(CC(=O)O)C(=O)c3ccccc32)cc1C. The van der Waals surface area contributed by atoms with Crippen LogP contribution in [0, 0.1) is 20.8 Å². The Kier molecular flexibility index (Phi) is 4.47. The number of nitrogens with zero attached hydrogens (tertiary/aromatic N) is 1. The van der Waals surface area contributed by atoms with Gasteiger partial charge in [-0.1, -0.05) is 30.3 Å². The van der Waals surface area contributed by atoms with E-state index in [1.54, 1.807) is 30.3 Å². The monoisotopic (exact) mass is 349 g/mol. The zero-order chi connectivity index (χ0) is 19.0. The zero-order valence-electron chi connectivity index (χ0n) is 14.9. The van der Waals surface area contributed by atoms with Crippen molar-refractivity contribution < 1.29 is 19.5 Å². The average Bonchev–Trinajstić information content (AvgIpc) is 2.59. The average molecular weight is 349 g/mol. The second kappa shape index (κ2) is 6.59. The molecule has 1 aliphatic rings. The topological polar surface area (TPSA) is 74.7 Å². The predicted octanol–water partition coefficient (Wildman–Crippen LogP) is 3.22. The molecule has 0 atom stereocenters. The van der Waals surface area contributed by atoms with Crippen LogP contribution in [0.5, 0.6) is 0 Å². The van der Waals surface area contributed by atoms with E-state index >= 15 is 0 Å². The Morgan fingerprint density at radius 1 is 0.962 bits per heavy atom. The van der Waals surface area contributed by atoms with E-state index in [2.05, 4.69) is 0 Å². The standard InChI is InChI=1S/C21H19NO4/c1-12-8-14(3)15(9-13(12)2)10-18-16-6-4-5-7-17(16)20(25)22(21(18)26)11-19(23)24/h4-10H,11H2,1-3H3,(H,23,24)/b18-10-. The van der Waals surface area contributed by atoms with Gasteiger partial charge >= 0.3 is 5.97 Å². The van der Waals surface area contributed by atoms with Gasteiger partial charge in [0.1, 0.15) is 6.54 Å². The maximum atomic E-state index is 12.9. The van der Waals surface area contributed by atoms with Crippen LogP contribution in [-0.2, 0) is 9.59 Å². The van der Waals surface area contributed by atoms with Crippen LogP contribution in [0.25, 0.3) is 11.6 Å². The minimum absolute atomic E-state index is 0.327. The van der Waals surface area contributed by atoms with Gasteiger partial charge < -0.3 is 5.11 Å². The van der Waals surface area contributed by atoms with Crippen LogP contribution < -0.4 is 0 Å². The Morgan fingerprint density at radius 3 is 2.23 bits per heavy atom. The Bertz CT molecular complexity index is 972. The number of amides is 2. The largest absolute Gasteiger partial charge is 0.480 e. The molecule has 132 valence electrons. The number of hydrogen-bond donors (Lipinski definition) is 1. The first-order valence-corrected chi connectivity index (χ1v) is 8.26. The Morgan fingerprint density at radius 2 is 1.58 bits per heavy atom. The van der Waals surface area contributed by atoms with Crippen molar-refractivity contribution in [2.45, 2.75) is 20.8 Å². The highest BCUT2D eigenvalue weighted by Gasteiger charge is 2.35. The van der Waals surface area contributed by atoms with Gasteiger partial charge in [-0.05, 0) is 60.7 Å². The number of carboxylic acid groups (broad SMARTS) is 1. The third-order valence-electron chi connectivity index (χ3n) is 4.64. The lowest BCUT2D eigenvalue weighted by Gasteiger charge is -2.27. The van der Waals surface area contributed by atoms with Gasteiger partial charge in [0.2, 0.25) is 0 Å². The summed E-state index contributed by atoms with van der Waals surface area (Å²) in [4.78, 5) is 37.3. The summed E-state index contributed by atoms with van der Waals surface area (Å²) >= 11 is 0. The molecule has 0 aromatic heterocycles. The highest BCUT2D eigenvalue weighted by atomic mass is 16.4. The van der Waals surface area contributed by atoms with Gasteiger partial charge in [-0.15, -0.1) is 0 Å². The van der Waals surface area contributed by atoms with Gasteiger partial charge in [0, 0.05) is 11.1 Å². The van der Waals surface area contributed by atoms with E-state index < -0.39 is 24.3 Å². The molecule has 0 saturated heterocycles. The molecule has 5 heteroatoms. The summed E-state index contributed by atoms with van der Waals surface area (Å²) in [5, 5.41) is 9.07. The molecule has 1 heterocycles. The molecule has 2 aromatic rings. The molecule has 0 fully saturated rings. The number of imide groups is 1. The second-order valence-electron chi connectivity index (χ2n) is 6.49. The zero-order valence-corrected chi connectivity index (χ0v) is 14.9. The van der Waals surface area contributed by atoms with E-state index in [4.69, 9.17) is 5.11 Å². The van der Waals surface area contributed by atoms with Crippen molar-refractivity contribution in [2.75, 3.05) is 6.54 Å². The van der Waals surface area contributed by atoms with E-state index in [0.717, 1.165) is 27.2 Å². The van der Waals surface area contributed by atoms with E-state index in [9.17, 15) is 14.4 Å². The Labute approximate surface area is 151 Å². The summed E-state index contributed by atoms with van der Waals surface area (Å²) in [5.41, 5.74) is 5.32. The van der Waals surface area contributed by atoms with Crippen molar-refractivity contribution in [3.63, 3.8) is 0 Å². The molecule has 0 radical (unpaired) electrons. The van der Waals surface area contributed by atoms with Gasteiger partial charge in [-0.3, -0.25) is 19.3 Å². The number of aliphatic carboxylic acids is 1. The molecule has 5 nitrogen and oxygen atoms in total. The number of carbonyl (C=O) groups excluding carboxylic acids is 2. The minimum atomic E-state index is -1.23. The van der Waals surface area contributed by atoms with Gasteiger partial charge in [-0.25, -0.2) is 0 Å². The lowest BCUT2D eigenvalue weighted by Crippen LogP contribution is -2.44. The fraction of sp³-hybridized carbons (Fsp3) is 0.190. The number of fused-ring (bicyclic) bond motifs is 1. The summed E-state index contributed by atoms with van der Waals surface area (Å²) in [6.07, 6.45) is 1.74. The fourth-order valence-corrected chi connectivity index (χ4v) is 3.11. The third-order valence-corrected chi connectivity index (χ3v) is 4.64. The van der Waals surface area contributed by atoms with E-state index in [-0.39, 0.29) is 0 Å². The van der Waals surface area contributed by atoms with Crippen molar-refractivity contribution >= 4 is 29.4 Å². The van der Waals surface area contributed by atoms with Crippen LogP contribution in [0.3, 0.4) is 0 Å². The molecule has 0 bridgehead atoms. The molecular weight excluding hydrogens is 330 g/mol. The van der Waals surface area contributed by atoms with Crippen LogP contribution in [0.4, 0.5) is 0 Å². The smallest absolute Gasteiger partial charge is 0.323 e. The highest BCUT2D eigenvalue weighted by Crippen LogP contribution is 2.31. The molecule has 0 spiro atoms. The molecule has 3 rings (SSSR count).